The van der Waals surface area contributed by atoms with Crippen LogP contribution in [-0.2, 0) is 26.2 Å². The van der Waals surface area contributed by atoms with Crippen LogP contribution in [0.2, 0.25) is 0 Å². The molecular formula is C26H37N3O4S. The Hall–Kier alpha value is -2.87. The molecule has 1 N–H and O–H groups in total. The Morgan fingerprint density at radius 1 is 1.03 bits per heavy atom. The predicted octanol–water partition coefficient (Wildman–Crippen LogP) is 3.71. The number of rotatable bonds is 11. The summed E-state index contributed by atoms with van der Waals surface area (Å²) in [5.74, 6) is -0.694. The molecule has 0 fully saturated rings. The van der Waals surface area contributed by atoms with Gasteiger partial charge in [0.15, 0.2) is 0 Å². The second-order valence-electron chi connectivity index (χ2n) is 8.83. The Kier molecular flexibility index (Phi) is 9.67. The van der Waals surface area contributed by atoms with E-state index in [0.717, 1.165) is 45.7 Å². The molecule has 2 amide bonds. The van der Waals surface area contributed by atoms with Crippen LogP contribution >= 0.6 is 0 Å². The van der Waals surface area contributed by atoms with E-state index in [1.807, 2.05) is 64.1 Å². The van der Waals surface area contributed by atoms with Gasteiger partial charge in [-0.25, -0.2) is 8.42 Å². The van der Waals surface area contributed by atoms with E-state index in [2.05, 4.69) is 5.32 Å². The van der Waals surface area contributed by atoms with Gasteiger partial charge in [-0.1, -0.05) is 49.7 Å². The maximum absolute atomic E-state index is 13.6. The normalized spacial score (nSPS) is 12.2. The number of carbonyl (C=O) groups excluding carboxylic acids is 2. The lowest BCUT2D eigenvalue weighted by molar-refractivity contribution is -0.139. The summed E-state index contributed by atoms with van der Waals surface area (Å²) in [6.45, 7) is 9.70. The zero-order valence-corrected chi connectivity index (χ0v) is 21.9. The molecule has 0 saturated heterocycles. The van der Waals surface area contributed by atoms with Crippen LogP contribution in [0.4, 0.5) is 5.69 Å². The Balaban J connectivity index is 2.41. The fourth-order valence-electron chi connectivity index (χ4n) is 3.67. The molecule has 0 bridgehead atoms. The van der Waals surface area contributed by atoms with E-state index in [4.69, 9.17) is 0 Å². The van der Waals surface area contributed by atoms with Gasteiger partial charge in [0.25, 0.3) is 0 Å². The van der Waals surface area contributed by atoms with Gasteiger partial charge in [-0.05, 0) is 62.4 Å². The van der Waals surface area contributed by atoms with Gasteiger partial charge in [-0.3, -0.25) is 13.9 Å². The lowest BCUT2D eigenvalue weighted by Crippen LogP contribution is -2.51. The van der Waals surface area contributed by atoms with Crippen molar-refractivity contribution in [2.24, 2.45) is 0 Å². The summed E-state index contributed by atoms with van der Waals surface area (Å²) in [6.07, 6.45) is 2.88. The van der Waals surface area contributed by atoms with Crippen LogP contribution in [-0.4, -0.2) is 50.5 Å². The summed E-state index contributed by atoms with van der Waals surface area (Å²) in [5, 5.41) is 2.89. The minimum Gasteiger partial charge on any atom is -0.354 e. The molecule has 0 aliphatic heterocycles. The van der Waals surface area contributed by atoms with Crippen LogP contribution in [0.3, 0.4) is 0 Å². The maximum atomic E-state index is 13.6. The molecule has 2 aromatic carbocycles. The van der Waals surface area contributed by atoms with Gasteiger partial charge in [-0.15, -0.1) is 0 Å². The van der Waals surface area contributed by atoms with Crippen LogP contribution in [0.5, 0.6) is 0 Å². The smallest absolute Gasteiger partial charge is 0.244 e. The summed E-state index contributed by atoms with van der Waals surface area (Å²) in [5.41, 5.74) is 4.00. The first-order valence-electron chi connectivity index (χ1n) is 11.6. The number of anilines is 1. The highest BCUT2D eigenvalue weighted by atomic mass is 32.2. The minimum absolute atomic E-state index is 0.207. The lowest BCUT2D eigenvalue weighted by atomic mass is 10.1. The van der Waals surface area contributed by atoms with Crippen molar-refractivity contribution < 1.29 is 18.0 Å². The van der Waals surface area contributed by atoms with Crippen LogP contribution in [0.25, 0.3) is 0 Å². The molecule has 0 aromatic heterocycles. The largest absolute Gasteiger partial charge is 0.354 e. The number of sulfonamides is 1. The highest BCUT2D eigenvalue weighted by molar-refractivity contribution is 7.92. The van der Waals surface area contributed by atoms with Crippen LogP contribution in [0.1, 0.15) is 48.9 Å². The van der Waals surface area contributed by atoms with E-state index in [1.54, 1.807) is 13.0 Å². The van der Waals surface area contributed by atoms with Gasteiger partial charge < -0.3 is 10.2 Å². The van der Waals surface area contributed by atoms with Crippen molar-refractivity contribution >= 4 is 27.5 Å². The third-order valence-corrected chi connectivity index (χ3v) is 7.04. The summed E-state index contributed by atoms with van der Waals surface area (Å²) in [6, 6.07) is 12.4. The average Bonchev–Trinajstić information content (AvgIpc) is 2.77. The summed E-state index contributed by atoms with van der Waals surface area (Å²) in [7, 11) is -3.75. The standard InChI is InChI=1S/C26H37N3O4S/c1-7-8-15-27-26(31)22(5)28(17-23-12-10-9-11-20(23)3)25(30)18-29(34(6,32)33)24-16-19(2)13-14-21(24)4/h9-14,16,22H,7-8,15,17-18H2,1-6H3,(H,27,31)/t22-/m0/s1. The van der Waals surface area contributed by atoms with Gasteiger partial charge in [0.05, 0.1) is 11.9 Å². The molecule has 34 heavy (non-hydrogen) atoms. The second kappa shape index (κ2) is 12.0. The van der Waals surface area contributed by atoms with Gasteiger partial charge in [-0.2, -0.15) is 0 Å². The number of hydrogen-bond acceptors (Lipinski definition) is 4. The van der Waals surface area contributed by atoms with Crippen molar-refractivity contribution in [3.8, 4) is 0 Å². The Morgan fingerprint density at radius 2 is 1.71 bits per heavy atom. The van der Waals surface area contributed by atoms with Gasteiger partial charge in [0, 0.05) is 13.1 Å². The topological polar surface area (TPSA) is 86.8 Å². The molecule has 0 aliphatic rings. The molecule has 186 valence electrons. The Morgan fingerprint density at radius 3 is 2.32 bits per heavy atom. The quantitative estimate of drug-likeness (QED) is 0.490. The van der Waals surface area contributed by atoms with E-state index in [9.17, 15) is 18.0 Å². The van der Waals surface area contributed by atoms with Crippen LogP contribution in [0.15, 0.2) is 42.5 Å². The molecule has 2 rings (SSSR count). The molecule has 2 aromatic rings. The Bertz CT molecular complexity index is 1110. The highest BCUT2D eigenvalue weighted by Crippen LogP contribution is 2.24. The van der Waals surface area contributed by atoms with Crippen LogP contribution < -0.4 is 9.62 Å². The number of nitrogens with one attached hydrogen (secondary N) is 1. The molecule has 0 spiro atoms. The number of carbonyl (C=O) groups is 2. The van der Waals surface area contributed by atoms with E-state index in [-0.39, 0.29) is 19.0 Å². The fourth-order valence-corrected chi connectivity index (χ4v) is 4.57. The van der Waals surface area contributed by atoms with Crippen molar-refractivity contribution in [1.82, 2.24) is 10.2 Å². The van der Waals surface area contributed by atoms with Crippen molar-refractivity contribution in [1.29, 1.82) is 0 Å². The number of amides is 2. The number of hydrogen-bond donors (Lipinski definition) is 1. The first-order valence-corrected chi connectivity index (χ1v) is 13.5. The van der Waals surface area contributed by atoms with Gasteiger partial charge in [0.1, 0.15) is 12.6 Å². The monoisotopic (exact) mass is 487 g/mol. The molecule has 0 unspecified atom stereocenters. The van der Waals surface area contributed by atoms with Crippen molar-refractivity contribution in [3.63, 3.8) is 0 Å². The molecule has 0 aliphatic carbocycles. The summed E-state index contributed by atoms with van der Waals surface area (Å²) < 4.78 is 26.6. The molecule has 0 radical (unpaired) electrons. The fraction of sp³-hybridized carbons (Fsp3) is 0.462. The van der Waals surface area contributed by atoms with E-state index in [0.29, 0.717) is 12.2 Å². The second-order valence-corrected chi connectivity index (χ2v) is 10.7. The number of aryl methyl sites for hydroxylation is 3. The number of nitrogens with zero attached hydrogens (tertiary/aromatic N) is 2. The third kappa shape index (κ3) is 7.32. The lowest BCUT2D eigenvalue weighted by Gasteiger charge is -2.32. The first kappa shape index (κ1) is 27.4. The van der Waals surface area contributed by atoms with Gasteiger partial charge >= 0.3 is 0 Å². The van der Waals surface area contributed by atoms with Crippen molar-refractivity contribution in [3.05, 3.63) is 64.7 Å². The number of unbranched alkanes of at least 4 members (excludes halogenated alkanes) is 1. The SMILES string of the molecule is CCCCNC(=O)[C@H](C)N(Cc1ccccc1C)C(=O)CN(c1cc(C)ccc1C)S(C)(=O)=O. The zero-order valence-electron chi connectivity index (χ0n) is 21.1. The Labute approximate surface area is 204 Å². The first-order chi connectivity index (χ1) is 16.0. The van der Waals surface area contributed by atoms with E-state index in [1.165, 1.54) is 4.90 Å². The zero-order chi connectivity index (χ0) is 25.5. The van der Waals surface area contributed by atoms with Crippen molar-refractivity contribution in [2.75, 3.05) is 23.7 Å². The molecule has 0 heterocycles. The van der Waals surface area contributed by atoms with Gasteiger partial charge in [0.2, 0.25) is 21.8 Å². The highest BCUT2D eigenvalue weighted by Gasteiger charge is 2.30. The molecular weight excluding hydrogens is 450 g/mol. The third-order valence-electron chi connectivity index (χ3n) is 5.91. The predicted molar refractivity (Wildman–Crippen MR) is 137 cm³/mol. The minimum atomic E-state index is -3.75. The maximum Gasteiger partial charge on any atom is 0.244 e. The molecule has 7 nitrogen and oxygen atoms in total. The summed E-state index contributed by atoms with van der Waals surface area (Å²) in [4.78, 5) is 27.9. The molecule has 0 saturated carbocycles. The molecule has 8 heteroatoms. The average molecular weight is 488 g/mol. The summed E-state index contributed by atoms with van der Waals surface area (Å²) >= 11 is 0. The van der Waals surface area contributed by atoms with E-state index < -0.39 is 22.0 Å². The number of benzene rings is 2. The van der Waals surface area contributed by atoms with Crippen molar-refractivity contribution in [2.45, 2.75) is 60.0 Å². The molecule has 1 atom stereocenters. The van der Waals surface area contributed by atoms with Crippen LogP contribution in [0, 0.1) is 20.8 Å². The van der Waals surface area contributed by atoms with E-state index >= 15 is 0 Å².